The number of Topliss-reactive ketones (excluding diaryl/α,β-unsaturated/α-hetero) is 1. The van der Waals surface area contributed by atoms with Crippen LogP contribution in [0, 0.1) is 0 Å². The highest BCUT2D eigenvalue weighted by molar-refractivity contribution is 5.91. The number of aliphatic hydroxyl groups is 2. The standard InChI is InChI=1S/C32H32O12/c1-18(33)7-8-20-9-12-22(13-10-20)42-32-30(44-26(36)14-11-19-5-3-2-4-6-19)29(39)28(38)25(43-32)17-41-31(40)21-15-23(34)27(37)24(35)16-21/h2-6,9-16,25,28-30,32,34-35,37-39H,7-8,17H2,1H3/b14-11+/t25-,28-,29+,30-,32-/m1/s1. The van der Waals surface area contributed by atoms with Crippen LogP contribution in [-0.4, -0.2) is 80.6 Å². The van der Waals surface area contributed by atoms with Crippen LogP contribution in [0.1, 0.15) is 34.8 Å². The second-order valence-electron chi connectivity index (χ2n) is 10.1. The molecule has 44 heavy (non-hydrogen) atoms. The van der Waals surface area contributed by atoms with Crippen LogP contribution in [0.2, 0.25) is 0 Å². The molecule has 0 aliphatic carbocycles. The molecule has 3 aromatic rings. The summed E-state index contributed by atoms with van der Waals surface area (Å²) >= 11 is 0. The third-order valence-electron chi connectivity index (χ3n) is 6.73. The van der Waals surface area contributed by atoms with Crippen molar-refractivity contribution in [2.45, 2.75) is 50.5 Å². The minimum absolute atomic E-state index is 0.0465. The van der Waals surface area contributed by atoms with Crippen LogP contribution in [0.4, 0.5) is 0 Å². The minimum atomic E-state index is -1.73. The molecule has 1 fully saturated rings. The molecule has 0 bridgehead atoms. The van der Waals surface area contributed by atoms with Crippen molar-refractivity contribution in [1.82, 2.24) is 0 Å². The number of phenols is 3. The number of ketones is 1. The SMILES string of the molecule is CC(=O)CCc1ccc(O[C@@H]2O[C@H](COC(=O)c3cc(O)c(O)c(O)c3)[C@@H](O)[C@H](O)[C@H]2OC(=O)/C=C/c2ccccc2)cc1. The molecule has 0 aromatic heterocycles. The van der Waals surface area contributed by atoms with Crippen molar-refractivity contribution in [3.63, 3.8) is 0 Å². The fourth-order valence-corrected chi connectivity index (χ4v) is 4.32. The highest BCUT2D eigenvalue weighted by Crippen LogP contribution is 2.35. The van der Waals surface area contributed by atoms with Gasteiger partial charge in [0.15, 0.2) is 23.4 Å². The van der Waals surface area contributed by atoms with E-state index in [0.717, 1.165) is 29.3 Å². The number of carbonyl (C=O) groups is 3. The third-order valence-corrected chi connectivity index (χ3v) is 6.73. The van der Waals surface area contributed by atoms with E-state index in [2.05, 4.69) is 0 Å². The summed E-state index contributed by atoms with van der Waals surface area (Å²) in [4.78, 5) is 36.5. The molecule has 0 radical (unpaired) electrons. The van der Waals surface area contributed by atoms with E-state index in [1.54, 1.807) is 48.5 Å². The van der Waals surface area contributed by atoms with Gasteiger partial charge < -0.3 is 49.3 Å². The molecule has 12 heteroatoms. The Morgan fingerprint density at radius 1 is 0.909 bits per heavy atom. The van der Waals surface area contributed by atoms with Crippen molar-refractivity contribution in [3.8, 4) is 23.0 Å². The molecule has 0 amide bonds. The number of esters is 2. The van der Waals surface area contributed by atoms with Crippen molar-refractivity contribution >= 4 is 23.8 Å². The van der Waals surface area contributed by atoms with Crippen LogP contribution in [0.25, 0.3) is 6.08 Å². The van der Waals surface area contributed by atoms with E-state index in [9.17, 15) is 39.9 Å². The van der Waals surface area contributed by atoms with E-state index in [4.69, 9.17) is 18.9 Å². The van der Waals surface area contributed by atoms with Crippen LogP contribution in [0.15, 0.2) is 72.8 Å². The molecule has 0 saturated carbocycles. The van der Waals surface area contributed by atoms with Crippen molar-refractivity contribution in [2.75, 3.05) is 6.61 Å². The summed E-state index contributed by atoms with van der Waals surface area (Å²) in [6, 6.07) is 17.3. The zero-order valence-corrected chi connectivity index (χ0v) is 23.6. The van der Waals surface area contributed by atoms with E-state index in [1.807, 2.05) is 6.07 Å². The topological polar surface area (TPSA) is 189 Å². The van der Waals surface area contributed by atoms with E-state index >= 15 is 0 Å². The van der Waals surface area contributed by atoms with E-state index < -0.39 is 66.5 Å². The Hall–Kier alpha value is -4.91. The van der Waals surface area contributed by atoms with Crippen LogP contribution < -0.4 is 4.74 Å². The van der Waals surface area contributed by atoms with Gasteiger partial charge in [0.1, 0.15) is 36.5 Å². The first-order chi connectivity index (χ1) is 21.0. The lowest BCUT2D eigenvalue weighted by Crippen LogP contribution is -2.61. The highest BCUT2D eigenvalue weighted by atomic mass is 16.7. The monoisotopic (exact) mass is 608 g/mol. The number of aromatic hydroxyl groups is 3. The maximum Gasteiger partial charge on any atom is 0.338 e. The quantitative estimate of drug-likeness (QED) is 0.122. The van der Waals surface area contributed by atoms with Gasteiger partial charge in [0.25, 0.3) is 0 Å². The molecule has 0 unspecified atom stereocenters. The van der Waals surface area contributed by atoms with Gasteiger partial charge in [-0.3, -0.25) is 0 Å². The molecule has 1 heterocycles. The molecule has 232 valence electrons. The van der Waals surface area contributed by atoms with E-state index in [1.165, 1.54) is 13.0 Å². The average molecular weight is 609 g/mol. The number of aliphatic hydroxyl groups excluding tert-OH is 2. The molecule has 5 N–H and O–H groups in total. The van der Waals surface area contributed by atoms with Gasteiger partial charge >= 0.3 is 11.9 Å². The van der Waals surface area contributed by atoms with Gasteiger partial charge in [-0.2, -0.15) is 0 Å². The van der Waals surface area contributed by atoms with Gasteiger partial charge in [-0.15, -0.1) is 0 Å². The van der Waals surface area contributed by atoms with Crippen LogP contribution in [0.5, 0.6) is 23.0 Å². The Bertz CT molecular complexity index is 1460. The molecule has 0 spiro atoms. The molecule has 1 saturated heterocycles. The molecule has 1 aliphatic heterocycles. The van der Waals surface area contributed by atoms with Crippen molar-refractivity contribution in [2.24, 2.45) is 0 Å². The van der Waals surface area contributed by atoms with Gasteiger partial charge in [0.2, 0.25) is 6.29 Å². The lowest BCUT2D eigenvalue weighted by molar-refractivity contribution is -0.281. The number of phenolic OH excluding ortho intramolecular Hbond substituents is 3. The van der Waals surface area contributed by atoms with Gasteiger partial charge in [0.05, 0.1) is 5.56 Å². The normalized spacial score (nSPS) is 21.5. The molecule has 3 aromatic carbocycles. The Labute approximate surface area is 252 Å². The fraction of sp³-hybridized carbons (Fsp3) is 0.281. The third kappa shape index (κ3) is 8.34. The fourth-order valence-electron chi connectivity index (χ4n) is 4.32. The second kappa shape index (κ2) is 14.5. The van der Waals surface area contributed by atoms with Crippen LogP contribution in [-0.2, 0) is 30.2 Å². The van der Waals surface area contributed by atoms with E-state index in [0.29, 0.717) is 12.8 Å². The maximum absolute atomic E-state index is 12.7. The smallest absolute Gasteiger partial charge is 0.338 e. The Balaban J connectivity index is 1.49. The van der Waals surface area contributed by atoms with Crippen molar-refractivity contribution in [1.29, 1.82) is 0 Å². The van der Waals surface area contributed by atoms with Gasteiger partial charge in [0, 0.05) is 12.5 Å². The molecule has 12 nitrogen and oxygen atoms in total. The van der Waals surface area contributed by atoms with Gasteiger partial charge in [-0.25, -0.2) is 9.59 Å². The predicted molar refractivity (Wildman–Crippen MR) is 154 cm³/mol. The number of ether oxygens (including phenoxy) is 4. The lowest BCUT2D eigenvalue weighted by Gasteiger charge is -2.41. The summed E-state index contributed by atoms with van der Waals surface area (Å²) in [5.74, 6) is -3.91. The first-order valence-electron chi connectivity index (χ1n) is 13.6. The summed E-state index contributed by atoms with van der Waals surface area (Å²) in [6.45, 7) is 0.887. The lowest BCUT2D eigenvalue weighted by atomic mass is 9.99. The summed E-state index contributed by atoms with van der Waals surface area (Å²) in [5, 5.41) is 50.6. The summed E-state index contributed by atoms with van der Waals surface area (Å²) in [5.41, 5.74) is 1.29. The second-order valence-corrected chi connectivity index (χ2v) is 10.1. The number of benzene rings is 3. The minimum Gasteiger partial charge on any atom is -0.504 e. The molecular formula is C32H32O12. The number of aryl methyl sites for hydroxylation is 1. The number of hydrogen-bond donors (Lipinski definition) is 5. The Kier molecular flexibility index (Phi) is 10.6. The summed E-state index contributed by atoms with van der Waals surface area (Å²) in [7, 11) is 0. The molecule has 5 atom stereocenters. The zero-order chi connectivity index (χ0) is 31.8. The first kappa shape index (κ1) is 32.0. The Morgan fingerprint density at radius 3 is 2.20 bits per heavy atom. The zero-order valence-electron chi connectivity index (χ0n) is 23.6. The van der Waals surface area contributed by atoms with Crippen LogP contribution >= 0.6 is 0 Å². The average Bonchev–Trinajstić information content (AvgIpc) is 3.01. The summed E-state index contributed by atoms with van der Waals surface area (Å²) < 4.78 is 22.3. The van der Waals surface area contributed by atoms with Gasteiger partial charge in [-0.1, -0.05) is 42.5 Å². The molecule has 1 aliphatic rings. The number of carbonyl (C=O) groups excluding carboxylic acids is 3. The van der Waals surface area contributed by atoms with Crippen LogP contribution in [0.3, 0.4) is 0 Å². The van der Waals surface area contributed by atoms with Crippen molar-refractivity contribution in [3.05, 3.63) is 89.5 Å². The highest BCUT2D eigenvalue weighted by Gasteiger charge is 2.48. The Morgan fingerprint density at radius 2 is 1.57 bits per heavy atom. The largest absolute Gasteiger partial charge is 0.504 e. The predicted octanol–water partition coefficient (Wildman–Crippen LogP) is 2.63. The maximum atomic E-state index is 12.7. The number of rotatable bonds is 11. The van der Waals surface area contributed by atoms with Gasteiger partial charge in [-0.05, 0) is 54.8 Å². The van der Waals surface area contributed by atoms with E-state index in [-0.39, 0.29) is 17.1 Å². The number of hydrogen-bond acceptors (Lipinski definition) is 12. The van der Waals surface area contributed by atoms with Crippen molar-refractivity contribution < 1.29 is 58.9 Å². The first-order valence-corrected chi connectivity index (χ1v) is 13.6. The molecular weight excluding hydrogens is 576 g/mol. The molecule has 4 rings (SSSR count). The summed E-state index contributed by atoms with van der Waals surface area (Å²) in [6.07, 6.45) is -4.21.